The third-order valence-electron chi connectivity index (χ3n) is 2.93. The molecule has 1 N–H and O–H groups in total. The summed E-state index contributed by atoms with van der Waals surface area (Å²) in [5.41, 5.74) is -1.50. The molecule has 1 aromatic rings. The highest BCUT2D eigenvalue weighted by atomic mass is 19.4. The lowest BCUT2D eigenvalue weighted by Gasteiger charge is -2.35. The summed E-state index contributed by atoms with van der Waals surface area (Å²) in [6.45, 7) is 3.24. The molecule has 1 aliphatic heterocycles. The zero-order valence-corrected chi connectivity index (χ0v) is 10.5. The smallest absolute Gasteiger partial charge is 0.389 e. The average Bonchev–Trinajstić information content (AvgIpc) is 2.67. The van der Waals surface area contributed by atoms with E-state index in [1.54, 1.807) is 13.8 Å². The number of hydrogen-bond acceptors (Lipinski definition) is 3. The van der Waals surface area contributed by atoms with Crippen LogP contribution < -0.4 is 0 Å². The Kier molecular flexibility index (Phi) is 3.29. The molecule has 0 atom stereocenters. The molecule has 0 aromatic carbocycles. The van der Waals surface area contributed by atoms with Crippen molar-refractivity contribution in [3.63, 3.8) is 0 Å². The average molecular weight is 277 g/mol. The number of alkyl halides is 3. The summed E-state index contributed by atoms with van der Waals surface area (Å²) >= 11 is 0. The molecule has 0 spiro atoms. The topological polar surface area (TPSA) is 58.4 Å². The normalized spacial score (nSPS) is 16.9. The van der Waals surface area contributed by atoms with Gasteiger partial charge in [0.15, 0.2) is 5.69 Å². The number of likely N-dealkylation sites (tertiary alicyclic amines) is 1. The highest BCUT2D eigenvalue weighted by molar-refractivity contribution is 5.95. The number of amides is 1. The van der Waals surface area contributed by atoms with Gasteiger partial charge >= 0.3 is 6.18 Å². The van der Waals surface area contributed by atoms with Crippen LogP contribution in [0.1, 0.15) is 35.9 Å². The van der Waals surface area contributed by atoms with Crippen molar-refractivity contribution in [2.45, 2.75) is 32.2 Å². The minimum Gasteiger partial charge on any atom is -0.389 e. The number of aliphatic hydroxyl groups is 1. The van der Waals surface area contributed by atoms with Gasteiger partial charge < -0.3 is 10.0 Å². The first-order chi connectivity index (χ1) is 8.71. The Morgan fingerprint density at radius 1 is 1.47 bits per heavy atom. The minimum atomic E-state index is -4.64. The van der Waals surface area contributed by atoms with E-state index in [9.17, 15) is 18.0 Å². The minimum absolute atomic E-state index is 0.0585. The summed E-state index contributed by atoms with van der Waals surface area (Å²) in [5, 5.41) is 12.7. The number of β-amino-alcohol motifs (C(OH)–C–C–N with tert-alkyl or cyclic N) is 1. The van der Waals surface area contributed by atoms with Gasteiger partial charge in [-0.25, -0.2) is 0 Å². The van der Waals surface area contributed by atoms with Crippen LogP contribution in [-0.4, -0.2) is 44.9 Å². The van der Waals surface area contributed by atoms with Crippen molar-refractivity contribution >= 4 is 5.91 Å². The van der Waals surface area contributed by atoms with E-state index in [-0.39, 0.29) is 13.1 Å². The standard InChI is InChI=1S/C11H14F3N3O2/c1-6(2)17-9(11(12,13)14)8(3-15-17)10(19)16-4-7(18)5-16/h3,6-7,18H,4-5H2,1-2H3. The van der Waals surface area contributed by atoms with Crippen LogP contribution in [-0.2, 0) is 6.18 Å². The van der Waals surface area contributed by atoms with Crippen molar-refractivity contribution in [2.75, 3.05) is 13.1 Å². The second kappa shape index (κ2) is 4.52. The molecule has 1 aromatic heterocycles. The number of rotatable bonds is 2. The van der Waals surface area contributed by atoms with E-state index in [4.69, 9.17) is 5.11 Å². The molecular formula is C11H14F3N3O2. The van der Waals surface area contributed by atoms with Crippen molar-refractivity contribution in [2.24, 2.45) is 0 Å². The van der Waals surface area contributed by atoms with Crippen LogP contribution in [0.15, 0.2) is 6.20 Å². The molecular weight excluding hydrogens is 263 g/mol. The molecule has 5 nitrogen and oxygen atoms in total. The van der Waals surface area contributed by atoms with Crippen LogP contribution in [0.25, 0.3) is 0 Å². The van der Waals surface area contributed by atoms with Gasteiger partial charge in [-0.15, -0.1) is 0 Å². The fourth-order valence-corrected chi connectivity index (χ4v) is 1.98. The Hall–Kier alpha value is -1.57. The van der Waals surface area contributed by atoms with Crippen LogP contribution in [0.2, 0.25) is 0 Å². The van der Waals surface area contributed by atoms with Crippen molar-refractivity contribution in [1.82, 2.24) is 14.7 Å². The van der Waals surface area contributed by atoms with E-state index in [0.29, 0.717) is 0 Å². The fourth-order valence-electron chi connectivity index (χ4n) is 1.98. The highest BCUT2D eigenvalue weighted by Gasteiger charge is 2.42. The predicted molar refractivity (Wildman–Crippen MR) is 59.5 cm³/mol. The molecule has 0 bridgehead atoms. The van der Waals surface area contributed by atoms with E-state index < -0.39 is 35.5 Å². The first-order valence-electron chi connectivity index (χ1n) is 5.84. The lowest BCUT2D eigenvalue weighted by Crippen LogP contribution is -2.53. The predicted octanol–water partition coefficient (Wildman–Crippen LogP) is 1.30. The molecule has 0 saturated carbocycles. The van der Waals surface area contributed by atoms with Gasteiger partial charge in [-0.3, -0.25) is 9.48 Å². The van der Waals surface area contributed by atoms with Crippen molar-refractivity contribution < 1.29 is 23.1 Å². The Morgan fingerprint density at radius 2 is 2.05 bits per heavy atom. The summed E-state index contributed by atoms with van der Waals surface area (Å²) < 4.78 is 39.9. The Morgan fingerprint density at radius 3 is 2.47 bits per heavy atom. The molecule has 19 heavy (non-hydrogen) atoms. The van der Waals surface area contributed by atoms with E-state index in [1.807, 2.05) is 0 Å². The van der Waals surface area contributed by atoms with Gasteiger partial charge in [0, 0.05) is 19.1 Å². The van der Waals surface area contributed by atoms with Gasteiger partial charge in [0.05, 0.1) is 17.9 Å². The third-order valence-corrected chi connectivity index (χ3v) is 2.93. The van der Waals surface area contributed by atoms with E-state index in [0.717, 1.165) is 10.9 Å². The van der Waals surface area contributed by atoms with Crippen molar-refractivity contribution in [3.8, 4) is 0 Å². The lowest BCUT2D eigenvalue weighted by molar-refractivity contribution is -0.145. The second-order valence-corrected chi connectivity index (χ2v) is 4.81. The fraction of sp³-hybridized carbons (Fsp3) is 0.636. The van der Waals surface area contributed by atoms with Crippen LogP contribution in [0.5, 0.6) is 0 Å². The SMILES string of the molecule is CC(C)n1ncc(C(=O)N2CC(O)C2)c1C(F)(F)F. The number of aliphatic hydroxyl groups excluding tert-OH is 1. The third kappa shape index (κ3) is 2.44. The van der Waals surface area contributed by atoms with Gasteiger partial charge in [0.25, 0.3) is 5.91 Å². The lowest BCUT2D eigenvalue weighted by atomic mass is 10.1. The molecule has 1 amide bonds. The van der Waals surface area contributed by atoms with Gasteiger partial charge in [0.1, 0.15) is 0 Å². The summed E-state index contributed by atoms with van der Waals surface area (Å²) in [6.07, 6.45) is -4.36. The van der Waals surface area contributed by atoms with Crippen LogP contribution in [0.3, 0.4) is 0 Å². The van der Waals surface area contributed by atoms with Gasteiger partial charge in [-0.2, -0.15) is 18.3 Å². The van der Waals surface area contributed by atoms with E-state index >= 15 is 0 Å². The van der Waals surface area contributed by atoms with Crippen LogP contribution in [0.4, 0.5) is 13.2 Å². The first kappa shape index (κ1) is 13.9. The molecule has 8 heteroatoms. The molecule has 2 rings (SSSR count). The van der Waals surface area contributed by atoms with Gasteiger partial charge in [-0.1, -0.05) is 0 Å². The van der Waals surface area contributed by atoms with Crippen LogP contribution >= 0.6 is 0 Å². The summed E-state index contributed by atoms with van der Waals surface area (Å²) in [7, 11) is 0. The number of nitrogens with zero attached hydrogens (tertiary/aromatic N) is 3. The monoisotopic (exact) mass is 277 g/mol. The molecule has 0 unspecified atom stereocenters. The van der Waals surface area contributed by atoms with Gasteiger partial charge in [-0.05, 0) is 13.8 Å². The molecule has 1 fully saturated rings. The summed E-state index contributed by atoms with van der Waals surface area (Å²) in [6, 6.07) is -0.500. The number of halogens is 3. The maximum atomic E-state index is 13.0. The molecule has 0 radical (unpaired) electrons. The number of hydrogen-bond donors (Lipinski definition) is 1. The molecule has 0 aliphatic carbocycles. The molecule has 1 aliphatic rings. The first-order valence-corrected chi connectivity index (χ1v) is 5.84. The van der Waals surface area contributed by atoms with Crippen molar-refractivity contribution in [1.29, 1.82) is 0 Å². The largest absolute Gasteiger partial charge is 0.433 e. The maximum absolute atomic E-state index is 13.0. The van der Waals surface area contributed by atoms with Crippen LogP contribution in [0, 0.1) is 0 Å². The second-order valence-electron chi connectivity index (χ2n) is 4.81. The molecule has 2 heterocycles. The number of carbonyl (C=O) groups is 1. The Balaban J connectivity index is 2.38. The maximum Gasteiger partial charge on any atom is 0.433 e. The van der Waals surface area contributed by atoms with E-state index in [1.165, 1.54) is 4.90 Å². The summed E-state index contributed by atoms with van der Waals surface area (Å²) in [4.78, 5) is 13.1. The number of carbonyl (C=O) groups excluding carboxylic acids is 1. The van der Waals surface area contributed by atoms with E-state index in [2.05, 4.69) is 5.10 Å². The quantitative estimate of drug-likeness (QED) is 0.886. The summed E-state index contributed by atoms with van der Waals surface area (Å²) in [5.74, 6) is -0.746. The zero-order valence-electron chi connectivity index (χ0n) is 10.5. The Labute approximate surface area is 107 Å². The highest BCUT2D eigenvalue weighted by Crippen LogP contribution is 2.34. The number of aromatic nitrogens is 2. The molecule has 1 saturated heterocycles. The zero-order chi connectivity index (χ0) is 14.4. The van der Waals surface area contributed by atoms with Crippen molar-refractivity contribution in [3.05, 3.63) is 17.5 Å². The molecule has 106 valence electrons. The Bertz CT molecular complexity index is 490. The van der Waals surface area contributed by atoms with Gasteiger partial charge in [0.2, 0.25) is 0 Å².